The van der Waals surface area contributed by atoms with Crippen LogP contribution in [0.15, 0.2) is 54.6 Å². The van der Waals surface area contributed by atoms with Gasteiger partial charge in [0.15, 0.2) is 9.04 Å². The number of fused-ring (bicyclic) bond motifs is 1. The van der Waals surface area contributed by atoms with E-state index in [1.807, 2.05) is 13.1 Å². The third kappa shape index (κ3) is 7.74. The summed E-state index contributed by atoms with van der Waals surface area (Å²) in [5.74, 6) is 0. The smallest absolute Gasteiger partial charge is 1.00 e. The van der Waals surface area contributed by atoms with Crippen LogP contribution in [-0.4, -0.2) is 13.8 Å². The molecule has 26 heavy (non-hydrogen) atoms. The maximum absolute atomic E-state index is 8.16. The first-order chi connectivity index (χ1) is 11.0. The normalized spacial score (nSPS) is 9.46. The van der Waals surface area contributed by atoms with Crippen molar-refractivity contribution in [1.82, 2.24) is 0 Å². The molecular weight excluding hydrogens is 458 g/mol. The van der Waals surface area contributed by atoms with E-state index >= 15 is 0 Å². The van der Waals surface area contributed by atoms with Crippen molar-refractivity contribution >= 4 is 19.8 Å². The first kappa shape index (κ1) is 27.9. The minimum absolute atomic E-state index is 0. The molecule has 0 bridgehead atoms. The summed E-state index contributed by atoms with van der Waals surface area (Å²) in [7, 11) is -0.880. The monoisotopic (exact) mass is 482 g/mol. The molecule has 1 nitrogen and oxygen atoms in total. The average molecular weight is 485 g/mol. The quantitative estimate of drug-likeness (QED) is 0.396. The van der Waals surface area contributed by atoms with Crippen LogP contribution in [0.25, 0.3) is 21.9 Å². The Morgan fingerprint density at radius 3 is 2.00 bits per heavy atom. The van der Waals surface area contributed by atoms with Crippen LogP contribution in [0.3, 0.4) is 0 Å². The van der Waals surface area contributed by atoms with Crippen LogP contribution in [0, 0.1) is 0 Å². The summed E-state index contributed by atoms with van der Waals surface area (Å²) in [6.45, 7) is 8.06. The van der Waals surface area contributed by atoms with Crippen molar-refractivity contribution in [3.8, 4) is 11.1 Å². The number of rotatable bonds is 3. The van der Waals surface area contributed by atoms with Crippen LogP contribution in [0.1, 0.15) is 25.0 Å². The topological polar surface area (TPSA) is 20.2 Å². The van der Waals surface area contributed by atoms with Crippen molar-refractivity contribution in [2.75, 3.05) is 0 Å². The van der Waals surface area contributed by atoms with Gasteiger partial charge in [0.25, 0.3) is 0 Å². The van der Waals surface area contributed by atoms with Gasteiger partial charge in [-0.2, -0.15) is 6.07 Å². The van der Waals surface area contributed by atoms with E-state index in [0.29, 0.717) is 0 Å². The van der Waals surface area contributed by atoms with Gasteiger partial charge in [0.2, 0.25) is 0 Å². The Hall–Kier alpha value is -0.310. The fourth-order valence-corrected chi connectivity index (χ4v) is 2.67. The summed E-state index contributed by atoms with van der Waals surface area (Å²) in [4.78, 5) is 8.16. The molecule has 0 heterocycles. The first-order valence-electron chi connectivity index (χ1n) is 8.32. The molecule has 2 radical (unpaired) electrons. The second kappa shape index (κ2) is 13.8. The number of benzene rings is 2. The Kier molecular flexibility index (Phi) is 14.8. The molecule has 3 aromatic rings. The van der Waals surface area contributed by atoms with Gasteiger partial charge in [-0.1, -0.05) is 49.7 Å². The zero-order valence-electron chi connectivity index (χ0n) is 15.8. The molecule has 0 saturated heterocycles. The second-order valence-corrected chi connectivity index (χ2v) is 7.92. The Bertz CT molecular complexity index is 752. The number of halogens is 2. The standard InChI is InChI=1S/C19H19.C2H7OSi.2ClH.Zr/c1-3-14-8-10-16(11-9-14)18-7-5-6-17-12-15(4-2)13-19(17)18;1-4(2)3;;;/h5-13H,3-4H2,1-2H3;3H,1-2H3;2*1H;/q-1;;;;+3/p-2. The second-order valence-electron chi connectivity index (χ2n) is 6.02. The molecular formula is C21H26Cl2OSiZr. The fraction of sp³-hybridized carbons (Fsp3) is 0.286. The molecule has 3 rings (SSSR count). The summed E-state index contributed by atoms with van der Waals surface area (Å²) >= 11 is 0. The van der Waals surface area contributed by atoms with Crippen LogP contribution in [-0.2, 0) is 39.0 Å². The predicted octanol–water partition coefficient (Wildman–Crippen LogP) is -0.414. The molecule has 0 amide bonds. The largest absolute Gasteiger partial charge is 3.00 e. The SMILES string of the molecule is CCc1ccc(-c2cccc3[cH-]c(CC)cc23)cc1.C[Si](C)O.[Cl-].[Cl-].[Zr+3]. The van der Waals surface area contributed by atoms with E-state index in [0.717, 1.165) is 12.8 Å². The van der Waals surface area contributed by atoms with Gasteiger partial charge in [-0.05, 0) is 37.1 Å². The van der Waals surface area contributed by atoms with Crippen molar-refractivity contribution in [2.45, 2.75) is 39.8 Å². The molecule has 5 heteroatoms. The van der Waals surface area contributed by atoms with E-state index in [4.69, 9.17) is 4.80 Å². The molecule has 0 aromatic heterocycles. The maximum Gasteiger partial charge on any atom is 3.00 e. The van der Waals surface area contributed by atoms with Gasteiger partial charge in [-0.15, -0.1) is 34.5 Å². The van der Waals surface area contributed by atoms with Gasteiger partial charge < -0.3 is 29.6 Å². The maximum atomic E-state index is 8.16. The third-order valence-corrected chi connectivity index (χ3v) is 3.89. The molecule has 1 N–H and O–H groups in total. The van der Waals surface area contributed by atoms with Gasteiger partial charge in [-0.3, -0.25) is 0 Å². The van der Waals surface area contributed by atoms with Gasteiger partial charge in [0.05, 0.1) is 0 Å². The first-order valence-corrected chi connectivity index (χ1v) is 10.8. The summed E-state index contributed by atoms with van der Waals surface area (Å²) < 4.78 is 0. The molecule has 0 aliphatic rings. The zero-order chi connectivity index (χ0) is 16.8. The number of aryl methyl sites for hydroxylation is 2. The van der Waals surface area contributed by atoms with Crippen molar-refractivity contribution < 1.29 is 55.8 Å². The van der Waals surface area contributed by atoms with Crippen LogP contribution in [0.5, 0.6) is 0 Å². The van der Waals surface area contributed by atoms with Gasteiger partial charge >= 0.3 is 26.2 Å². The zero-order valence-corrected chi connectivity index (χ0v) is 20.8. The number of hydrogen-bond acceptors (Lipinski definition) is 1. The van der Waals surface area contributed by atoms with Gasteiger partial charge in [0.1, 0.15) is 0 Å². The van der Waals surface area contributed by atoms with Crippen LogP contribution in [0.4, 0.5) is 0 Å². The predicted molar refractivity (Wildman–Crippen MR) is 103 cm³/mol. The van der Waals surface area contributed by atoms with E-state index in [9.17, 15) is 0 Å². The minimum atomic E-state index is -0.880. The van der Waals surface area contributed by atoms with Crippen molar-refractivity contribution in [3.63, 3.8) is 0 Å². The molecule has 0 saturated carbocycles. The van der Waals surface area contributed by atoms with Crippen molar-refractivity contribution in [1.29, 1.82) is 0 Å². The average Bonchev–Trinajstić information content (AvgIpc) is 2.97. The molecule has 0 atom stereocenters. The van der Waals surface area contributed by atoms with E-state index < -0.39 is 9.04 Å². The van der Waals surface area contributed by atoms with Crippen molar-refractivity contribution in [3.05, 3.63) is 65.7 Å². The molecule has 3 aromatic carbocycles. The molecule has 0 aliphatic heterocycles. The Morgan fingerprint density at radius 2 is 1.50 bits per heavy atom. The molecule has 138 valence electrons. The summed E-state index contributed by atoms with van der Waals surface area (Å²) in [5.41, 5.74) is 5.48. The Labute approximate surface area is 191 Å². The van der Waals surface area contributed by atoms with Gasteiger partial charge in [0, 0.05) is 0 Å². The Morgan fingerprint density at radius 1 is 0.923 bits per heavy atom. The Balaban J connectivity index is 0. The number of hydrogen-bond donors (Lipinski definition) is 1. The van der Waals surface area contributed by atoms with Crippen molar-refractivity contribution in [2.24, 2.45) is 0 Å². The molecule has 0 aliphatic carbocycles. The molecule has 0 fully saturated rings. The van der Waals surface area contributed by atoms with E-state index in [-0.39, 0.29) is 51.0 Å². The molecule has 0 spiro atoms. The minimum Gasteiger partial charge on any atom is -1.00 e. The summed E-state index contributed by atoms with van der Waals surface area (Å²) in [6, 6.07) is 20.2. The van der Waals surface area contributed by atoms with Crippen LogP contribution < -0.4 is 24.8 Å². The van der Waals surface area contributed by atoms with Crippen LogP contribution in [0.2, 0.25) is 13.1 Å². The summed E-state index contributed by atoms with van der Waals surface area (Å²) in [5, 5.41) is 2.73. The summed E-state index contributed by atoms with van der Waals surface area (Å²) in [6.07, 6.45) is 2.20. The fourth-order valence-electron chi connectivity index (χ4n) is 2.67. The van der Waals surface area contributed by atoms with E-state index in [1.54, 1.807) is 0 Å². The molecule has 0 unspecified atom stereocenters. The van der Waals surface area contributed by atoms with Gasteiger partial charge in [-0.25, -0.2) is 0 Å². The third-order valence-electron chi connectivity index (χ3n) is 3.89. The van der Waals surface area contributed by atoms with E-state index in [1.165, 1.54) is 33.0 Å². The van der Waals surface area contributed by atoms with Crippen LogP contribution >= 0.6 is 0 Å². The van der Waals surface area contributed by atoms with E-state index in [2.05, 4.69) is 68.4 Å².